The van der Waals surface area contributed by atoms with Crippen LogP contribution in [0.1, 0.15) is 51.3 Å². The summed E-state index contributed by atoms with van der Waals surface area (Å²) in [6.07, 6.45) is 5.77. The molecule has 0 heterocycles. The van der Waals surface area contributed by atoms with E-state index < -0.39 is 0 Å². The molecule has 1 aromatic rings. The molecule has 0 aliphatic rings. The molecular formula is C19H32O. The lowest BCUT2D eigenvalue weighted by atomic mass is 10.0. The van der Waals surface area contributed by atoms with E-state index in [1.165, 1.54) is 16.7 Å². The van der Waals surface area contributed by atoms with Crippen LogP contribution in [-0.4, -0.2) is 7.11 Å². The Bertz CT molecular complexity index is 398. The molecule has 20 heavy (non-hydrogen) atoms. The van der Waals surface area contributed by atoms with Crippen molar-refractivity contribution in [2.24, 2.45) is 5.92 Å². The smallest absolute Gasteiger partial charge is 0.122 e. The Morgan fingerprint density at radius 3 is 2.00 bits per heavy atom. The summed E-state index contributed by atoms with van der Waals surface area (Å²) < 4.78 is 5.26. The second-order valence-electron chi connectivity index (χ2n) is 4.95. The van der Waals surface area contributed by atoms with Crippen molar-refractivity contribution in [2.45, 2.75) is 48.5 Å². The molecule has 1 rings (SSSR count). The number of benzene rings is 1. The molecule has 0 N–H and O–H groups in total. The van der Waals surface area contributed by atoms with Gasteiger partial charge in [-0.3, -0.25) is 0 Å². The largest absolute Gasteiger partial charge is 0.496 e. The van der Waals surface area contributed by atoms with Crippen molar-refractivity contribution >= 4 is 6.08 Å². The summed E-state index contributed by atoms with van der Waals surface area (Å²) in [6, 6.07) is 4.06. The van der Waals surface area contributed by atoms with Gasteiger partial charge in [0.2, 0.25) is 0 Å². The first-order valence-electron chi connectivity index (χ1n) is 7.37. The Kier molecular flexibility index (Phi) is 13.0. The molecule has 0 unspecified atom stereocenters. The predicted octanol–water partition coefficient (Wildman–Crippen LogP) is 6.20. The minimum Gasteiger partial charge on any atom is -0.496 e. The highest BCUT2D eigenvalue weighted by molar-refractivity contribution is 5.62. The van der Waals surface area contributed by atoms with Crippen molar-refractivity contribution in [1.82, 2.24) is 0 Å². The van der Waals surface area contributed by atoms with Crippen molar-refractivity contribution in [3.8, 4) is 5.75 Å². The number of rotatable bonds is 3. The van der Waals surface area contributed by atoms with Crippen LogP contribution >= 0.6 is 0 Å². The lowest BCUT2D eigenvalue weighted by Crippen LogP contribution is -1.92. The predicted molar refractivity (Wildman–Crippen MR) is 93.6 cm³/mol. The third-order valence-corrected chi connectivity index (χ3v) is 2.30. The molecule has 0 atom stereocenters. The van der Waals surface area contributed by atoms with Crippen molar-refractivity contribution in [3.05, 3.63) is 47.6 Å². The Labute approximate surface area is 126 Å². The minimum absolute atomic E-state index is 0.833. The van der Waals surface area contributed by atoms with Crippen LogP contribution < -0.4 is 4.74 Å². The molecule has 0 aliphatic heterocycles. The van der Waals surface area contributed by atoms with E-state index in [4.69, 9.17) is 4.74 Å². The van der Waals surface area contributed by atoms with Crippen molar-refractivity contribution in [3.63, 3.8) is 0 Å². The number of hydrogen-bond acceptors (Lipinski definition) is 1. The van der Waals surface area contributed by atoms with E-state index in [1.807, 2.05) is 26.0 Å². The zero-order valence-electron chi connectivity index (χ0n) is 14.6. The van der Waals surface area contributed by atoms with Crippen LogP contribution in [0.15, 0.2) is 30.9 Å². The Balaban J connectivity index is 0. The molecular weight excluding hydrogens is 244 g/mol. The lowest BCUT2D eigenvalue weighted by molar-refractivity contribution is 0.411. The fourth-order valence-electron chi connectivity index (χ4n) is 1.49. The molecule has 1 heteroatoms. The summed E-state index contributed by atoms with van der Waals surface area (Å²) in [5.74, 6) is 1.76. The molecule has 0 aromatic heterocycles. The topological polar surface area (TPSA) is 9.23 Å². The molecule has 0 bridgehead atoms. The normalized spacial score (nSPS) is 9.45. The monoisotopic (exact) mass is 276 g/mol. The van der Waals surface area contributed by atoms with Crippen molar-refractivity contribution in [2.75, 3.05) is 7.11 Å². The van der Waals surface area contributed by atoms with Crippen molar-refractivity contribution < 1.29 is 4.74 Å². The highest BCUT2D eigenvalue weighted by Gasteiger charge is 2.04. The van der Waals surface area contributed by atoms with Gasteiger partial charge >= 0.3 is 0 Å². The van der Waals surface area contributed by atoms with Crippen LogP contribution in [0.4, 0.5) is 0 Å². The first-order valence-corrected chi connectivity index (χ1v) is 7.37. The number of aryl methyl sites for hydroxylation is 1. The molecule has 0 spiro atoms. The summed E-state index contributed by atoms with van der Waals surface area (Å²) in [4.78, 5) is 0. The third kappa shape index (κ3) is 8.58. The third-order valence-electron chi connectivity index (χ3n) is 2.30. The zero-order chi connectivity index (χ0) is 16.1. The molecule has 114 valence electrons. The molecule has 1 nitrogen and oxygen atoms in total. The van der Waals surface area contributed by atoms with Gasteiger partial charge in [0.25, 0.3) is 0 Å². The molecule has 1 aromatic carbocycles. The summed E-state index contributed by atoms with van der Waals surface area (Å²) in [5.41, 5.74) is 3.64. The van der Waals surface area contributed by atoms with E-state index in [1.54, 1.807) is 13.2 Å². The minimum atomic E-state index is 0.833. The fourth-order valence-corrected chi connectivity index (χ4v) is 1.49. The average molecular weight is 276 g/mol. The number of ether oxygens (including phenoxy) is 1. The van der Waals surface area contributed by atoms with Gasteiger partial charge in [0.05, 0.1) is 7.11 Å². The first-order chi connectivity index (χ1) is 9.43. The average Bonchev–Trinajstić information content (AvgIpc) is 2.40. The van der Waals surface area contributed by atoms with Crippen LogP contribution in [0.5, 0.6) is 5.75 Å². The molecule has 0 saturated carbocycles. The quantitative estimate of drug-likeness (QED) is 0.597. The number of allylic oxidation sites excluding steroid dienone is 2. The summed E-state index contributed by atoms with van der Waals surface area (Å²) in [5, 5.41) is 0. The van der Waals surface area contributed by atoms with Gasteiger partial charge in [-0.2, -0.15) is 0 Å². The Morgan fingerprint density at radius 2 is 1.60 bits per heavy atom. The van der Waals surface area contributed by atoms with Crippen LogP contribution in [0.25, 0.3) is 6.08 Å². The van der Waals surface area contributed by atoms with E-state index in [0.717, 1.165) is 11.7 Å². The van der Waals surface area contributed by atoms with Gasteiger partial charge in [0.15, 0.2) is 0 Å². The highest BCUT2D eigenvalue weighted by Crippen LogP contribution is 2.25. The maximum Gasteiger partial charge on any atom is 0.122 e. The molecule has 0 fully saturated rings. The van der Waals surface area contributed by atoms with Gasteiger partial charge in [-0.25, -0.2) is 0 Å². The number of hydrogen-bond donors (Lipinski definition) is 0. The van der Waals surface area contributed by atoms with Gasteiger partial charge in [-0.05, 0) is 42.5 Å². The second kappa shape index (κ2) is 12.5. The lowest BCUT2D eigenvalue weighted by Gasteiger charge is -2.10. The van der Waals surface area contributed by atoms with Crippen LogP contribution in [0, 0.1) is 19.8 Å². The molecule has 0 radical (unpaired) electrons. The van der Waals surface area contributed by atoms with E-state index >= 15 is 0 Å². The van der Waals surface area contributed by atoms with E-state index in [-0.39, 0.29) is 0 Å². The van der Waals surface area contributed by atoms with Crippen LogP contribution in [0.3, 0.4) is 0 Å². The summed E-state index contributed by atoms with van der Waals surface area (Å²) >= 11 is 0. The molecule has 0 amide bonds. The summed E-state index contributed by atoms with van der Waals surface area (Å²) in [6.45, 7) is 18.3. The zero-order valence-corrected chi connectivity index (χ0v) is 14.6. The van der Waals surface area contributed by atoms with Gasteiger partial charge in [0.1, 0.15) is 5.75 Å². The van der Waals surface area contributed by atoms with Gasteiger partial charge in [-0.15, -0.1) is 0 Å². The Hall–Kier alpha value is -1.50. The maximum atomic E-state index is 5.26. The first kappa shape index (κ1) is 20.8. The standard InChI is InChI=1S/C13H16O.C4H10.C2H6/c1-5-6-7-12-10(2)8-9-13(14-4)11(12)3;1-4(2)3;1-2/h5-9H,1H2,2-4H3;4H,1-3H3;1-2H3/b7-6-;;. The maximum absolute atomic E-state index is 5.26. The molecule has 0 saturated heterocycles. The van der Waals surface area contributed by atoms with Crippen LogP contribution in [0.2, 0.25) is 0 Å². The van der Waals surface area contributed by atoms with Gasteiger partial charge < -0.3 is 4.74 Å². The van der Waals surface area contributed by atoms with Crippen LogP contribution in [-0.2, 0) is 0 Å². The Morgan fingerprint density at radius 1 is 1.10 bits per heavy atom. The SMILES string of the molecule is C=C/C=C\c1c(C)ccc(OC)c1C.CC.CC(C)C. The van der Waals surface area contributed by atoms with E-state index in [0.29, 0.717) is 0 Å². The van der Waals surface area contributed by atoms with Gasteiger partial charge in [0, 0.05) is 0 Å². The van der Waals surface area contributed by atoms with Crippen molar-refractivity contribution in [1.29, 1.82) is 0 Å². The number of methoxy groups -OCH3 is 1. The summed E-state index contributed by atoms with van der Waals surface area (Å²) in [7, 11) is 1.69. The highest BCUT2D eigenvalue weighted by atomic mass is 16.5. The molecule has 0 aliphatic carbocycles. The second-order valence-corrected chi connectivity index (χ2v) is 4.95. The van der Waals surface area contributed by atoms with Gasteiger partial charge in [-0.1, -0.05) is 65.5 Å². The van der Waals surface area contributed by atoms with E-state index in [2.05, 4.69) is 53.3 Å². The van der Waals surface area contributed by atoms with E-state index in [9.17, 15) is 0 Å². The fraction of sp³-hybridized carbons (Fsp3) is 0.474.